The Balaban J connectivity index is 2.32. The number of nitrogens with one attached hydrogen (secondary N) is 1. The summed E-state index contributed by atoms with van der Waals surface area (Å²) in [4.78, 5) is 13.2. The largest absolute Gasteiger partial charge is 0.394 e. The van der Waals surface area contributed by atoms with E-state index in [1.807, 2.05) is 0 Å². The lowest BCUT2D eigenvalue weighted by Crippen LogP contribution is -2.60. The van der Waals surface area contributed by atoms with E-state index in [1.165, 1.54) is 173 Å². The van der Waals surface area contributed by atoms with Crippen LogP contribution >= 0.6 is 0 Å². The first-order valence-electron chi connectivity index (χ1n) is 30.0. The van der Waals surface area contributed by atoms with Gasteiger partial charge in [-0.25, -0.2) is 0 Å². The average molecular weight is 1020 g/mol. The second kappa shape index (κ2) is 49.9. The fourth-order valence-electron chi connectivity index (χ4n) is 9.41. The predicted octanol–water partition coefficient (Wildman–Crippen LogP) is 12.8. The molecule has 422 valence electrons. The van der Waals surface area contributed by atoms with Gasteiger partial charge in [0.05, 0.1) is 25.4 Å². The van der Waals surface area contributed by atoms with Crippen molar-refractivity contribution in [2.75, 3.05) is 13.2 Å². The van der Waals surface area contributed by atoms with Crippen LogP contribution in [0.3, 0.4) is 0 Å². The van der Waals surface area contributed by atoms with E-state index >= 15 is 0 Å². The van der Waals surface area contributed by atoms with Crippen molar-refractivity contribution < 1.29 is 50.0 Å². The quantitative estimate of drug-likeness (QED) is 0.0215. The zero-order chi connectivity index (χ0) is 52.5. The van der Waals surface area contributed by atoms with Gasteiger partial charge in [-0.15, -0.1) is 0 Å². The molecule has 1 saturated heterocycles. The molecule has 11 heteroatoms. The molecule has 0 bridgehead atoms. The van der Waals surface area contributed by atoms with Gasteiger partial charge in [-0.2, -0.15) is 0 Å². The Morgan fingerprint density at radius 3 is 1.24 bits per heavy atom. The van der Waals surface area contributed by atoms with E-state index in [-0.39, 0.29) is 12.8 Å². The summed E-state index contributed by atoms with van der Waals surface area (Å²) in [6.07, 6.45) is 51.7. The number of carbonyl (C=O) groups excluding carboxylic acids is 1. The number of ether oxygens (including phenoxy) is 2. The molecule has 9 unspecified atom stereocenters. The van der Waals surface area contributed by atoms with E-state index in [0.717, 1.165) is 44.9 Å². The van der Waals surface area contributed by atoms with Gasteiger partial charge in [0.15, 0.2) is 6.29 Å². The Kier molecular flexibility index (Phi) is 47.2. The molecule has 72 heavy (non-hydrogen) atoms. The maximum absolute atomic E-state index is 13.2. The maximum Gasteiger partial charge on any atom is 0.249 e. The third kappa shape index (κ3) is 37.7. The van der Waals surface area contributed by atoms with E-state index in [0.29, 0.717) is 19.3 Å². The van der Waals surface area contributed by atoms with Crippen LogP contribution in [0.5, 0.6) is 0 Å². The molecule has 1 aliphatic heterocycles. The molecule has 8 N–H and O–H groups in total. The molecule has 0 aromatic carbocycles. The van der Waals surface area contributed by atoms with Crippen molar-refractivity contribution in [3.8, 4) is 0 Å². The Bertz CT molecular complexity index is 1310. The Labute approximate surface area is 440 Å². The van der Waals surface area contributed by atoms with Crippen molar-refractivity contribution in [2.24, 2.45) is 0 Å². The Morgan fingerprint density at radius 1 is 0.472 bits per heavy atom. The number of carbonyl (C=O) groups is 1. The summed E-state index contributed by atoms with van der Waals surface area (Å²) in [5.41, 5.74) is 0. The lowest BCUT2D eigenvalue weighted by atomic mass is 9.98. The predicted molar refractivity (Wildman–Crippen MR) is 298 cm³/mol. The van der Waals surface area contributed by atoms with Gasteiger partial charge in [0, 0.05) is 0 Å². The summed E-state index contributed by atoms with van der Waals surface area (Å²) in [5.74, 6) is -0.712. The van der Waals surface area contributed by atoms with Crippen molar-refractivity contribution in [3.05, 3.63) is 48.6 Å². The first-order valence-corrected chi connectivity index (χ1v) is 30.0. The summed E-state index contributed by atoms with van der Waals surface area (Å²) in [6, 6.07) is -1.20. The van der Waals surface area contributed by atoms with Crippen molar-refractivity contribution >= 4 is 5.91 Å². The minimum Gasteiger partial charge on any atom is -0.394 e. The molecule has 0 aliphatic carbocycles. The smallest absolute Gasteiger partial charge is 0.249 e. The number of aliphatic hydroxyl groups is 7. The second-order valence-electron chi connectivity index (χ2n) is 21.0. The average Bonchev–Trinajstić information content (AvgIpc) is 3.38. The molecule has 1 fully saturated rings. The highest BCUT2D eigenvalue weighted by Gasteiger charge is 2.44. The topological polar surface area (TPSA) is 189 Å². The fraction of sp³-hybridized carbons (Fsp3) is 0.852. The standard InChI is InChI=1S/C61H113NO10/c1-3-5-7-9-11-13-15-17-19-21-23-24-25-26-27-28-29-31-33-35-37-39-41-43-45-47-49-54(65)60(70)62-52(51-71-61-59(69)58(68)57(67)55(50-63)72-61)56(66)53(64)48-46-44-42-40-38-36-34-32-30-22-20-18-16-14-12-10-8-6-4-2/h18,20,26-27,32,34,40,42,52-59,61,63-69H,3-17,19,21-25,28-31,33,35-39,41,43-51H2,1-2H3,(H,62,70)/b20-18+,27-26-,34-32+,42-40+. The van der Waals surface area contributed by atoms with Crippen LogP contribution in [-0.2, 0) is 14.3 Å². The van der Waals surface area contributed by atoms with Crippen molar-refractivity contribution in [3.63, 3.8) is 0 Å². The number of allylic oxidation sites excluding steroid dienone is 8. The van der Waals surface area contributed by atoms with Gasteiger partial charge in [0.2, 0.25) is 5.91 Å². The van der Waals surface area contributed by atoms with Crippen LogP contribution < -0.4 is 5.32 Å². The number of hydrogen-bond donors (Lipinski definition) is 8. The van der Waals surface area contributed by atoms with Crippen molar-refractivity contribution in [1.29, 1.82) is 0 Å². The summed E-state index contributed by atoms with van der Waals surface area (Å²) in [7, 11) is 0. The van der Waals surface area contributed by atoms with Gasteiger partial charge < -0.3 is 50.5 Å². The Morgan fingerprint density at radius 2 is 0.833 bits per heavy atom. The molecular weight excluding hydrogens is 907 g/mol. The van der Waals surface area contributed by atoms with Crippen molar-refractivity contribution in [1.82, 2.24) is 5.32 Å². The molecule has 1 amide bonds. The van der Waals surface area contributed by atoms with E-state index in [1.54, 1.807) is 0 Å². The molecule has 1 rings (SSSR count). The van der Waals surface area contributed by atoms with Gasteiger partial charge in [-0.1, -0.05) is 223 Å². The number of hydrogen-bond acceptors (Lipinski definition) is 10. The molecule has 0 spiro atoms. The fourth-order valence-corrected chi connectivity index (χ4v) is 9.41. The van der Waals surface area contributed by atoms with E-state index in [9.17, 15) is 40.5 Å². The van der Waals surface area contributed by atoms with E-state index in [2.05, 4.69) is 67.8 Å². The molecule has 1 heterocycles. The molecule has 0 aromatic heterocycles. The monoisotopic (exact) mass is 1020 g/mol. The first kappa shape index (κ1) is 68.1. The van der Waals surface area contributed by atoms with Crippen molar-refractivity contribution in [2.45, 2.75) is 319 Å². The molecule has 0 saturated carbocycles. The lowest BCUT2D eigenvalue weighted by Gasteiger charge is -2.40. The number of unbranched alkanes of at least 4 members (excludes halogenated alkanes) is 31. The molecule has 0 radical (unpaired) electrons. The highest BCUT2D eigenvalue weighted by molar-refractivity contribution is 5.80. The van der Waals surface area contributed by atoms with Crippen LogP contribution in [0.1, 0.15) is 264 Å². The summed E-state index contributed by atoms with van der Waals surface area (Å²) >= 11 is 0. The SMILES string of the molecule is CCCCCCCC/C=C/CC/C=C/CC/C=C/CCCC(O)C(O)C(COC1OC(CO)C(O)C(O)C1O)NC(=O)C(O)CCCCCCCCCCCC/C=C\CCCCCCCCCCCCCC. The Hall–Kier alpha value is -1.93. The molecule has 11 nitrogen and oxygen atoms in total. The van der Waals surface area contributed by atoms with Gasteiger partial charge in [-0.05, 0) is 89.9 Å². The highest BCUT2D eigenvalue weighted by atomic mass is 16.7. The molecule has 9 atom stereocenters. The molecular formula is C61H113NO10. The van der Waals surface area contributed by atoms with Gasteiger partial charge >= 0.3 is 0 Å². The molecule has 1 aliphatic rings. The lowest BCUT2D eigenvalue weighted by molar-refractivity contribution is -0.303. The highest BCUT2D eigenvalue weighted by Crippen LogP contribution is 2.23. The van der Waals surface area contributed by atoms with Crippen LogP contribution in [0.4, 0.5) is 0 Å². The van der Waals surface area contributed by atoms with Crippen LogP contribution in [0.15, 0.2) is 48.6 Å². The van der Waals surface area contributed by atoms with Crippen LogP contribution in [-0.4, -0.2) is 110 Å². The van der Waals surface area contributed by atoms with Crippen LogP contribution in [0, 0.1) is 0 Å². The number of aliphatic hydroxyl groups excluding tert-OH is 7. The normalized spacial score (nSPS) is 20.4. The van der Waals surface area contributed by atoms with E-state index < -0.39 is 74.2 Å². The number of rotatable bonds is 51. The van der Waals surface area contributed by atoms with Crippen LogP contribution in [0.2, 0.25) is 0 Å². The third-order valence-corrected chi connectivity index (χ3v) is 14.3. The summed E-state index contributed by atoms with van der Waals surface area (Å²) in [5, 5.41) is 76.1. The maximum atomic E-state index is 13.2. The first-order chi connectivity index (χ1) is 35.2. The zero-order valence-electron chi connectivity index (χ0n) is 46.2. The van der Waals surface area contributed by atoms with Gasteiger partial charge in [0.25, 0.3) is 0 Å². The minimum atomic E-state index is -1.67. The summed E-state index contributed by atoms with van der Waals surface area (Å²) < 4.78 is 11.1. The van der Waals surface area contributed by atoms with Crippen LogP contribution in [0.25, 0.3) is 0 Å². The minimum absolute atomic E-state index is 0.240. The van der Waals surface area contributed by atoms with Gasteiger partial charge in [-0.3, -0.25) is 4.79 Å². The number of amides is 1. The zero-order valence-corrected chi connectivity index (χ0v) is 46.2. The van der Waals surface area contributed by atoms with Gasteiger partial charge in [0.1, 0.15) is 36.6 Å². The molecule has 0 aromatic rings. The second-order valence-corrected chi connectivity index (χ2v) is 21.0. The summed E-state index contributed by atoms with van der Waals surface area (Å²) in [6.45, 7) is 3.44. The van der Waals surface area contributed by atoms with E-state index in [4.69, 9.17) is 9.47 Å². The third-order valence-electron chi connectivity index (χ3n) is 14.3.